The Labute approximate surface area is 318 Å². The molecule has 0 amide bonds. The quantitative estimate of drug-likeness (QED) is 0.175. The Morgan fingerprint density at radius 1 is 0.377 bits per heavy atom. The highest BCUT2D eigenvalue weighted by molar-refractivity contribution is 6.09. The highest BCUT2D eigenvalue weighted by Gasteiger charge is 2.17. The third-order valence-electron chi connectivity index (χ3n) is 9.49. The Morgan fingerprint density at radius 3 is 1.53 bits per heavy atom. The van der Waals surface area contributed by atoms with Crippen LogP contribution in [-0.4, -0.2) is 19.5 Å². The summed E-state index contributed by atoms with van der Waals surface area (Å²) in [6, 6.07) is 43.8. The molecular weight excluding hydrogens is 645 g/mol. The first-order chi connectivity index (χ1) is 29.6. The fourth-order valence-electron chi connectivity index (χ4n) is 6.97. The fourth-order valence-corrected chi connectivity index (χ4v) is 6.97. The number of benzene rings is 8. The molecule has 0 aliphatic heterocycles. The SMILES string of the molecule is [2H]c1c([2H])c([2H])c2c(c1[2H])c1c([2H])c([2H])c([2H])c([2H])c1n2-c1cc(-c2ccc(-c3cccc4ccccc34)cc2)cc(-c2nc(-c3ccccc3)nc(-c3ccccc3)n2)c1. The molecule has 0 saturated carbocycles. The van der Waals surface area contributed by atoms with Crippen molar-refractivity contribution in [1.29, 1.82) is 0 Å². The van der Waals surface area contributed by atoms with Crippen molar-refractivity contribution in [2.75, 3.05) is 0 Å². The van der Waals surface area contributed by atoms with Crippen molar-refractivity contribution >= 4 is 32.6 Å². The minimum Gasteiger partial charge on any atom is -0.309 e. The Balaban J connectivity index is 1.28. The predicted molar refractivity (Wildman–Crippen MR) is 219 cm³/mol. The molecule has 0 bridgehead atoms. The molecule has 0 unspecified atom stereocenters. The van der Waals surface area contributed by atoms with Crippen molar-refractivity contribution in [3.05, 3.63) is 194 Å². The average molecular weight is 685 g/mol. The van der Waals surface area contributed by atoms with Crippen LogP contribution in [0, 0.1) is 0 Å². The maximum atomic E-state index is 9.18. The van der Waals surface area contributed by atoms with Gasteiger partial charge in [-0.15, -0.1) is 0 Å². The summed E-state index contributed by atoms with van der Waals surface area (Å²) in [5.41, 5.74) is 6.14. The summed E-state index contributed by atoms with van der Waals surface area (Å²) in [4.78, 5) is 14.9. The van der Waals surface area contributed by atoms with Gasteiger partial charge < -0.3 is 4.57 Å². The zero-order valence-electron chi connectivity index (χ0n) is 36.1. The van der Waals surface area contributed by atoms with E-state index >= 15 is 0 Å². The smallest absolute Gasteiger partial charge is 0.164 e. The van der Waals surface area contributed by atoms with Crippen LogP contribution in [0.4, 0.5) is 0 Å². The molecule has 0 N–H and O–H groups in total. The normalized spacial score (nSPS) is 13.5. The maximum Gasteiger partial charge on any atom is 0.164 e. The molecule has 53 heavy (non-hydrogen) atoms. The van der Waals surface area contributed by atoms with Crippen LogP contribution in [0.5, 0.6) is 0 Å². The number of nitrogens with zero attached hydrogens (tertiary/aromatic N) is 4. The summed E-state index contributed by atoms with van der Waals surface area (Å²) < 4.78 is 72.4. The van der Waals surface area contributed by atoms with Crippen molar-refractivity contribution < 1.29 is 11.0 Å². The molecule has 2 heterocycles. The van der Waals surface area contributed by atoms with Crippen LogP contribution in [0.1, 0.15) is 11.0 Å². The van der Waals surface area contributed by atoms with E-state index in [1.807, 2.05) is 103 Å². The molecule has 4 heteroatoms. The van der Waals surface area contributed by atoms with Crippen LogP contribution in [0.25, 0.3) is 94.7 Å². The summed E-state index contributed by atoms with van der Waals surface area (Å²) in [6.45, 7) is 0. The zero-order chi connectivity index (χ0) is 42.1. The first-order valence-corrected chi connectivity index (χ1v) is 17.2. The standard InChI is InChI=1S/C49H32N4/c1-3-15-36(16-4-1)47-50-48(37-17-5-2-6-18-37)52-49(51-47)39-30-38(33-26-28-35(29-27-33)42-23-13-19-34-14-7-8-20-41(34)42)31-40(32-39)53-45-24-11-9-21-43(45)44-22-10-12-25-46(44)53/h1-32H/i9D,10D,11D,12D,21D,22D,24D,25D. The van der Waals surface area contributed by atoms with Crippen LogP contribution in [-0.2, 0) is 0 Å². The summed E-state index contributed by atoms with van der Waals surface area (Å²) in [5.74, 6) is 1.21. The van der Waals surface area contributed by atoms with Gasteiger partial charge in [-0.1, -0.05) is 164 Å². The van der Waals surface area contributed by atoms with Crippen molar-refractivity contribution in [3.63, 3.8) is 0 Å². The predicted octanol–water partition coefficient (Wildman–Crippen LogP) is 12.5. The lowest BCUT2D eigenvalue weighted by Gasteiger charge is -2.15. The van der Waals surface area contributed by atoms with Gasteiger partial charge >= 0.3 is 0 Å². The van der Waals surface area contributed by atoms with Gasteiger partial charge in [0.15, 0.2) is 17.5 Å². The number of fused-ring (bicyclic) bond motifs is 4. The minimum absolute atomic E-state index is 0.00252. The second-order valence-corrected chi connectivity index (χ2v) is 12.7. The van der Waals surface area contributed by atoms with Gasteiger partial charge in [0.2, 0.25) is 0 Å². The number of para-hydroxylation sites is 2. The van der Waals surface area contributed by atoms with E-state index < -0.39 is 36.3 Å². The van der Waals surface area contributed by atoms with Crippen LogP contribution in [0.2, 0.25) is 0 Å². The second-order valence-electron chi connectivity index (χ2n) is 12.7. The third-order valence-corrected chi connectivity index (χ3v) is 9.49. The maximum absolute atomic E-state index is 9.18. The van der Waals surface area contributed by atoms with E-state index in [4.69, 9.17) is 23.2 Å². The Hall–Kier alpha value is -7.17. The summed E-state index contributed by atoms with van der Waals surface area (Å²) in [6.07, 6.45) is 0. The zero-order valence-corrected chi connectivity index (χ0v) is 28.1. The first kappa shape index (κ1) is 23.3. The lowest BCUT2D eigenvalue weighted by atomic mass is 9.95. The summed E-state index contributed by atoms with van der Waals surface area (Å²) in [7, 11) is 0. The first-order valence-electron chi connectivity index (χ1n) is 21.2. The minimum atomic E-state index is -0.503. The molecule has 10 rings (SSSR count). The molecule has 0 aliphatic rings. The van der Waals surface area contributed by atoms with E-state index in [2.05, 4.69) is 36.4 Å². The van der Waals surface area contributed by atoms with Gasteiger partial charge in [0, 0.05) is 33.2 Å². The highest BCUT2D eigenvalue weighted by atomic mass is 15.0. The van der Waals surface area contributed by atoms with E-state index in [9.17, 15) is 2.74 Å². The van der Waals surface area contributed by atoms with Gasteiger partial charge in [-0.3, -0.25) is 0 Å². The molecule has 0 saturated heterocycles. The Bertz CT molecular complexity index is 3250. The number of hydrogen-bond acceptors (Lipinski definition) is 3. The molecule has 0 spiro atoms. The highest BCUT2D eigenvalue weighted by Crippen LogP contribution is 2.37. The number of aromatic nitrogens is 4. The van der Waals surface area contributed by atoms with Crippen LogP contribution in [0.15, 0.2) is 194 Å². The molecular formula is C49H32N4. The molecule has 0 aliphatic carbocycles. The molecule has 4 nitrogen and oxygen atoms in total. The third kappa shape index (κ3) is 5.54. The van der Waals surface area contributed by atoms with Gasteiger partial charge in [0.1, 0.15) is 0 Å². The van der Waals surface area contributed by atoms with Crippen molar-refractivity contribution in [2.45, 2.75) is 0 Å². The van der Waals surface area contributed by atoms with E-state index in [1.165, 1.54) is 4.57 Å². The second kappa shape index (κ2) is 12.9. The van der Waals surface area contributed by atoms with Gasteiger partial charge in [-0.25, -0.2) is 15.0 Å². The lowest BCUT2D eigenvalue weighted by Crippen LogP contribution is -2.01. The molecule has 0 radical (unpaired) electrons. The Kier molecular flexibility index (Phi) is 5.66. The van der Waals surface area contributed by atoms with Crippen LogP contribution in [0.3, 0.4) is 0 Å². The van der Waals surface area contributed by atoms with E-state index in [0.717, 1.165) is 38.6 Å². The molecule has 248 valence electrons. The van der Waals surface area contributed by atoms with Gasteiger partial charge in [-0.2, -0.15) is 0 Å². The van der Waals surface area contributed by atoms with Crippen LogP contribution < -0.4 is 0 Å². The lowest BCUT2D eigenvalue weighted by molar-refractivity contribution is 1.07. The monoisotopic (exact) mass is 684 g/mol. The van der Waals surface area contributed by atoms with Crippen molar-refractivity contribution in [3.8, 4) is 62.1 Å². The number of hydrogen-bond donors (Lipinski definition) is 0. The fraction of sp³-hybridized carbons (Fsp3) is 0. The Morgan fingerprint density at radius 2 is 0.887 bits per heavy atom. The topological polar surface area (TPSA) is 43.6 Å². The molecule has 10 aromatic rings. The van der Waals surface area contributed by atoms with Gasteiger partial charge in [0.25, 0.3) is 0 Å². The van der Waals surface area contributed by atoms with Gasteiger partial charge in [0.05, 0.1) is 22.0 Å². The van der Waals surface area contributed by atoms with E-state index in [0.29, 0.717) is 34.3 Å². The summed E-state index contributed by atoms with van der Waals surface area (Å²) >= 11 is 0. The van der Waals surface area contributed by atoms with Crippen LogP contribution >= 0.6 is 0 Å². The van der Waals surface area contributed by atoms with Crippen molar-refractivity contribution in [2.24, 2.45) is 0 Å². The van der Waals surface area contributed by atoms with Gasteiger partial charge in [-0.05, 0) is 63.3 Å². The average Bonchev–Trinajstić information content (AvgIpc) is 3.68. The summed E-state index contributed by atoms with van der Waals surface area (Å²) in [5, 5.41) is 2.25. The van der Waals surface area contributed by atoms with E-state index in [-0.39, 0.29) is 33.9 Å². The molecule has 8 aromatic carbocycles. The van der Waals surface area contributed by atoms with E-state index in [1.54, 1.807) is 6.07 Å². The molecule has 0 atom stereocenters. The number of rotatable bonds is 6. The molecule has 0 fully saturated rings. The van der Waals surface area contributed by atoms with Crippen molar-refractivity contribution in [1.82, 2.24) is 19.5 Å². The largest absolute Gasteiger partial charge is 0.309 e. The molecule has 2 aromatic heterocycles.